The summed E-state index contributed by atoms with van der Waals surface area (Å²) in [4.78, 5) is 4.76. The zero-order valence-electron chi connectivity index (χ0n) is 8.90. The van der Waals surface area contributed by atoms with Crippen LogP contribution in [0.4, 0.5) is 10.8 Å². The van der Waals surface area contributed by atoms with Crippen LogP contribution < -0.4 is 5.32 Å². The quantitative estimate of drug-likeness (QED) is 0.878. The first-order chi connectivity index (χ1) is 7.83. The second-order valence-electron chi connectivity index (χ2n) is 3.28. The lowest BCUT2D eigenvalue weighted by Crippen LogP contribution is -1.93. The van der Waals surface area contributed by atoms with Crippen molar-refractivity contribution in [1.82, 2.24) is 4.98 Å². The van der Waals surface area contributed by atoms with Crippen LogP contribution in [-0.2, 0) is 6.42 Å². The molecule has 0 spiro atoms. The fourth-order valence-corrected chi connectivity index (χ4v) is 2.08. The van der Waals surface area contributed by atoms with Crippen molar-refractivity contribution in [3.8, 4) is 6.07 Å². The topological polar surface area (TPSA) is 48.7 Å². The molecule has 0 bridgehead atoms. The summed E-state index contributed by atoms with van der Waals surface area (Å²) < 4.78 is 0. The maximum atomic E-state index is 8.71. The Bertz CT molecular complexity index is 525. The number of nitriles is 1. The van der Waals surface area contributed by atoms with Crippen molar-refractivity contribution in [2.75, 3.05) is 5.32 Å². The molecule has 80 valence electrons. The molecule has 1 heterocycles. The number of nitrogens with one attached hydrogen (secondary N) is 1. The van der Waals surface area contributed by atoms with Crippen LogP contribution in [0.1, 0.15) is 17.4 Å². The minimum atomic E-state index is 0.622. The number of para-hydroxylation sites is 1. The standard InChI is InChI=1S/C12H11N3S/c1-2-9-5-3-4-6-11(9)15-12-14-8-10(7-13)16-12/h3-6,8H,2H2,1H3,(H,14,15). The van der Waals surface area contributed by atoms with E-state index in [1.165, 1.54) is 16.9 Å². The highest BCUT2D eigenvalue weighted by Crippen LogP contribution is 2.24. The number of aromatic nitrogens is 1. The Kier molecular flexibility index (Phi) is 3.18. The SMILES string of the molecule is CCc1ccccc1Nc1ncc(C#N)s1. The van der Waals surface area contributed by atoms with Gasteiger partial charge in [-0.2, -0.15) is 5.26 Å². The summed E-state index contributed by atoms with van der Waals surface area (Å²) in [5.74, 6) is 0. The summed E-state index contributed by atoms with van der Waals surface area (Å²) in [6, 6.07) is 10.2. The molecule has 0 aliphatic carbocycles. The molecule has 4 heteroatoms. The third-order valence-electron chi connectivity index (χ3n) is 2.26. The van der Waals surface area contributed by atoms with E-state index < -0.39 is 0 Å². The molecular formula is C12H11N3S. The van der Waals surface area contributed by atoms with Crippen molar-refractivity contribution in [3.63, 3.8) is 0 Å². The van der Waals surface area contributed by atoms with Crippen LogP contribution in [-0.4, -0.2) is 4.98 Å². The first-order valence-corrected chi connectivity index (χ1v) is 5.86. The third kappa shape index (κ3) is 2.20. The Labute approximate surface area is 98.4 Å². The van der Waals surface area contributed by atoms with Crippen molar-refractivity contribution >= 4 is 22.2 Å². The van der Waals surface area contributed by atoms with Crippen molar-refractivity contribution < 1.29 is 0 Å². The number of rotatable bonds is 3. The molecule has 1 aromatic heterocycles. The van der Waals surface area contributed by atoms with E-state index in [1.807, 2.05) is 18.2 Å². The zero-order valence-corrected chi connectivity index (χ0v) is 9.71. The van der Waals surface area contributed by atoms with E-state index >= 15 is 0 Å². The van der Waals surface area contributed by atoms with Gasteiger partial charge in [-0.1, -0.05) is 36.5 Å². The van der Waals surface area contributed by atoms with E-state index in [0.717, 1.165) is 17.2 Å². The van der Waals surface area contributed by atoms with Crippen LogP contribution in [0.2, 0.25) is 0 Å². The van der Waals surface area contributed by atoms with E-state index in [0.29, 0.717) is 4.88 Å². The first kappa shape index (κ1) is 10.7. The molecule has 0 aliphatic heterocycles. The molecule has 0 radical (unpaired) electrons. The van der Waals surface area contributed by atoms with Gasteiger partial charge in [0, 0.05) is 5.69 Å². The van der Waals surface area contributed by atoms with Crippen LogP contribution in [0.25, 0.3) is 0 Å². The van der Waals surface area contributed by atoms with Crippen LogP contribution in [0.5, 0.6) is 0 Å². The van der Waals surface area contributed by atoms with Gasteiger partial charge in [0.05, 0.1) is 6.20 Å². The average molecular weight is 229 g/mol. The van der Waals surface area contributed by atoms with Crippen molar-refractivity contribution in [2.24, 2.45) is 0 Å². The van der Waals surface area contributed by atoms with Crippen LogP contribution in [0.3, 0.4) is 0 Å². The fourth-order valence-electron chi connectivity index (χ4n) is 1.45. The normalized spacial score (nSPS) is 9.75. The summed E-state index contributed by atoms with van der Waals surface area (Å²) in [5.41, 5.74) is 2.31. The lowest BCUT2D eigenvalue weighted by atomic mass is 10.1. The lowest BCUT2D eigenvalue weighted by molar-refractivity contribution is 1.14. The van der Waals surface area contributed by atoms with Crippen molar-refractivity contribution in [1.29, 1.82) is 5.26 Å². The Morgan fingerprint density at radius 3 is 2.94 bits per heavy atom. The second-order valence-corrected chi connectivity index (χ2v) is 4.31. The number of benzene rings is 1. The van der Waals surface area contributed by atoms with Crippen LogP contribution in [0.15, 0.2) is 30.5 Å². The van der Waals surface area contributed by atoms with Gasteiger partial charge in [0.2, 0.25) is 0 Å². The molecule has 3 nitrogen and oxygen atoms in total. The predicted octanol–water partition coefficient (Wildman–Crippen LogP) is 3.32. The molecule has 0 aliphatic rings. The molecule has 0 amide bonds. The molecule has 16 heavy (non-hydrogen) atoms. The summed E-state index contributed by atoms with van der Waals surface area (Å²) in [7, 11) is 0. The van der Waals surface area contributed by atoms with E-state index in [9.17, 15) is 0 Å². The molecule has 2 rings (SSSR count). The largest absolute Gasteiger partial charge is 0.331 e. The number of hydrogen-bond acceptors (Lipinski definition) is 4. The first-order valence-electron chi connectivity index (χ1n) is 5.04. The highest BCUT2D eigenvalue weighted by atomic mass is 32.1. The van der Waals surface area contributed by atoms with Gasteiger partial charge in [-0.05, 0) is 18.1 Å². The minimum absolute atomic E-state index is 0.622. The molecular weight excluding hydrogens is 218 g/mol. The maximum absolute atomic E-state index is 8.71. The number of nitrogens with zero attached hydrogens (tertiary/aromatic N) is 2. The summed E-state index contributed by atoms with van der Waals surface area (Å²) in [6.45, 7) is 2.11. The third-order valence-corrected chi connectivity index (χ3v) is 3.07. The Morgan fingerprint density at radius 2 is 2.25 bits per heavy atom. The summed E-state index contributed by atoms with van der Waals surface area (Å²) >= 11 is 1.36. The van der Waals surface area contributed by atoms with Gasteiger partial charge in [-0.15, -0.1) is 0 Å². The molecule has 0 saturated carbocycles. The van der Waals surface area contributed by atoms with E-state index in [1.54, 1.807) is 6.20 Å². The van der Waals surface area contributed by atoms with Gasteiger partial charge in [0.25, 0.3) is 0 Å². The molecule has 0 atom stereocenters. The number of aryl methyl sites for hydroxylation is 1. The number of hydrogen-bond donors (Lipinski definition) is 1. The van der Waals surface area contributed by atoms with Gasteiger partial charge in [-0.3, -0.25) is 0 Å². The number of anilines is 2. The highest BCUT2D eigenvalue weighted by molar-refractivity contribution is 7.16. The molecule has 1 aromatic carbocycles. The molecule has 2 aromatic rings. The van der Waals surface area contributed by atoms with Gasteiger partial charge < -0.3 is 5.32 Å². The average Bonchev–Trinajstić information content (AvgIpc) is 2.77. The van der Waals surface area contributed by atoms with Crippen molar-refractivity contribution in [2.45, 2.75) is 13.3 Å². The van der Waals surface area contributed by atoms with Crippen molar-refractivity contribution in [3.05, 3.63) is 40.9 Å². The molecule has 1 N–H and O–H groups in total. The van der Waals surface area contributed by atoms with E-state index in [4.69, 9.17) is 5.26 Å². The summed E-state index contributed by atoms with van der Waals surface area (Å²) in [5, 5.41) is 12.7. The monoisotopic (exact) mass is 229 g/mol. The Balaban J connectivity index is 2.23. The predicted molar refractivity (Wildman–Crippen MR) is 65.9 cm³/mol. The van der Waals surface area contributed by atoms with Gasteiger partial charge in [-0.25, -0.2) is 4.98 Å². The van der Waals surface area contributed by atoms with Gasteiger partial charge in [0.15, 0.2) is 5.13 Å². The minimum Gasteiger partial charge on any atom is -0.331 e. The fraction of sp³-hybridized carbons (Fsp3) is 0.167. The smallest absolute Gasteiger partial charge is 0.188 e. The van der Waals surface area contributed by atoms with E-state index in [2.05, 4.69) is 29.4 Å². The lowest BCUT2D eigenvalue weighted by Gasteiger charge is -2.07. The Morgan fingerprint density at radius 1 is 1.44 bits per heavy atom. The van der Waals surface area contributed by atoms with Gasteiger partial charge in [0.1, 0.15) is 10.9 Å². The molecule has 0 saturated heterocycles. The second kappa shape index (κ2) is 4.77. The molecule has 0 unspecified atom stereocenters. The van der Waals surface area contributed by atoms with E-state index in [-0.39, 0.29) is 0 Å². The van der Waals surface area contributed by atoms with Gasteiger partial charge >= 0.3 is 0 Å². The number of thiazole rings is 1. The molecule has 0 fully saturated rings. The van der Waals surface area contributed by atoms with Crippen LogP contribution in [0, 0.1) is 11.3 Å². The highest BCUT2D eigenvalue weighted by Gasteiger charge is 2.03. The zero-order chi connectivity index (χ0) is 11.4. The summed E-state index contributed by atoms with van der Waals surface area (Å²) in [6.07, 6.45) is 2.56. The Hall–Kier alpha value is -1.86. The van der Waals surface area contributed by atoms with Crippen LogP contribution >= 0.6 is 11.3 Å². The maximum Gasteiger partial charge on any atom is 0.188 e.